The number of phenolic OH excluding ortho intramolecular Hbond substituents is 4. The van der Waals surface area contributed by atoms with Crippen molar-refractivity contribution in [2.75, 3.05) is 7.11 Å². The molecule has 0 spiro atoms. The summed E-state index contributed by atoms with van der Waals surface area (Å²) >= 11 is 0. The van der Waals surface area contributed by atoms with Crippen LogP contribution in [0.25, 0.3) is 6.08 Å². The van der Waals surface area contributed by atoms with E-state index in [2.05, 4.69) is 0 Å². The Labute approximate surface area is 230 Å². The molecular formula is C32H26O8. The third kappa shape index (κ3) is 4.71. The molecule has 40 heavy (non-hydrogen) atoms. The highest BCUT2D eigenvalue weighted by Crippen LogP contribution is 2.56. The van der Waals surface area contributed by atoms with Crippen LogP contribution in [0.3, 0.4) is 0 Å². The molecule has 0 bridgehead atoms. The molecule has 0 amide bonds. The highest BCUT2D eigenvalue weighted by Gasteiger charge is 2.39. The molecule has 4 aromatic carbocycles. The fourth-order valence-corrected chi connectivity index (χ4v) is 5.11. The van der Waals surface area contributed by atoms with Crippen LogP contribution in [0, 0.1) is 0 Å². The summed E-state index contributed by atoms with van der Waals surface area (Å²) in [6, 6.07) is 20.4. The highest BCUT2D eigenvalue weighted by atomic mass is 16.5. The number of carbonyl (C=O) groups excluding carboxylic acids is 2. The second kappa shape index (κ2) is 10.9. The molecule has 8 heteroatoms. The number of aldehydes is 1. The van der Waals surface area contributed by atoms with Gasteiger partial charge in [0.1, 0.15) is 46.2 Å². The maximum absolute atomic E-state index is 13.3. The number of fused-ring (bicyclic) bond motifs is 1. The number of benzene rings is 4. The van der Waals surface area contributed by atoms with Gasteiger partial charge in [-0.15, -0.1) is 0 Å². The fraction of sp³-hybridized carbons (Fsp3) is 0.125. The summed E-state index contributed by atoms with van der Waals surface area (Å²) in [7, 11) is 1.31. The van der Waals surface area contributed by atoms with Gasteiger partial charge in [-0.1, -0.05) is 66.7 Å². The minimum atomic E-state index is -0.941. The molecule has 2 atom stereocenters. The van der Waals surface area contributed by atoms with Crippen LogP contribution < -0.4 is 9.47 Å². The first kappa shape index (κ1) is 26.4. The Bertz CT molecular complexity index is 1610. The van der Waals surface area contributed by atoms with Gasteiger partial charge in [-0.25, -0.2) is 0 Å². The van der Waals surface area contributed by atoms with Crippen molar-refractivity contribution in [2.45, 2.75) is 18.4 Å². The van der Waals surface area contributed by atoms with Gasteiger partial charge in [-0.3, -0.25) is 9.59 Å². The van der Waals surface area contributed by atoms with E-state index in [0.717, 1.165) is 17.2 Å². The number of allylic oxidation sites excluding steroid dienone is 1. The van der Waals surface area contributed by atoms with Crippen molar-refractivity contribution in [1.82, 2.24) is 0 Å². The average Bonchev–Trinajstić information content (AvgIpc) is 2.96. The van der Waals surface area contributed by atoms with E-state index in [1.54, 1.807) is 6.08 Å². The number of ether oxygens (including phenoxy) is 2. The third-order valence-electron chi connectivity index (χ3n) is 6.99. The molecule has 202 valence electrons. The number of hydrogen-bond donors (Lipinski definition) is 4. The standard InChI is InChI=1S/C32H26O8/c1-39-27-16-25(37)28(31(38)30(27)22(34)13-12-18-8-4-2-5-9-18)20-14-26(19-10-6-3-7-11-19)40-32-21(17-33)23(35)15-24(36)29(20)32/h2-13,15-17,20,26,35-38H,14H2,1H3/b13-12+/t20-,26-/m0/s1. The largest absolute Gasteiger partial charge is 0.507 e. The first-order chi connectivity index (χ1) is 19.3. The van der Waals surface area contributed by atoms with Gasteiger partial charge < -0.3 is 29.9 Å². The van der Waals surface area contributed by atoms with Crippen molar-refractivity contribution in [3.8, 4) is 34.5 Å². The summed E-state index contributed by atoms with van der Waals surface area (Å²) in [4.78, 5) is 25.3. The highest BCUT2D eigenvalue weighted by molar-refractivity contribution is 6.11. The zero-order valence-electron chi connectivity index (χ0n) is 21.4. The van der Waals surface area contributed by atoms with Crippen molar-refractivity contribution in [1.29, 1.82) is 0 Å². The molecule has 0 saturated carbocycles. The number of methoxy groups -OCH3 is 1. The van der Waals surface area contributed by atoms with Crippen LogP contribution >= 0.6 is 0 Å². The molecule has 0 radical (unpaired) electrons. The van der Waals surface area contributed by atoms with Gasteiger partial charge in [0.25, 0.3) is 0 Å². The molecule has 0 unspecified atom stereocenters. The van der Waals surface area contributed by atoms with Gasteiger partial charge in [0.15, 0.2) is 12.1 Å². The van der Waals surface area contributed by atoms with E-state index in [0.29, 0.717) is 6.29 Å². The summed E-state index contributed by atoms with van der Waals surface area (Å²) in [5.41, 5.74) is 1.16. The van der Waals surface area contributed by atoms with Gasteiger partial charge in [-0.05, 0) is 17.2 Å². The number of rotatable bonds is 7. The van der Waals surface area contributed by atoms with E-state index < -0.39 is 35.1 Å². The smallest absolute Gasteiger partial charge is 0.193 e. The van der Waals surface area contributed by atoms with Gasteiger partial charge in [0.05, 0.1) is 12.7 Å². The van der Waals surface area contributed by atoms with Gasteiger partial charge in [-0.2, -0.15) is 0 Å². The summed E-state index contributed by atoms with van der Waals surface area (Å²) in [6.07, 6.45) is 2.73. The van der Waals surface area contributed by atoms with Crippen LogP contribution in [0.2, 0.25) is 0 Å². The number of carbonyl (C=O) groups is 2. The molecular weight excluding hydrogens is 512 g/mol. The molecule has 8 nitrogen and oxygen atoms in total. The number of ketones is 1. The first-order valence-corrected chi connectivity index (χ1v) is 12.5. The Morgan fingerprint density at radius 1 is 0.900 bits per heavy atom. The van der Waals surface area contributed by atoms with Gasteiger partial charge in [0, 0.05) is 35.6 Å². The van der Waals surface area contributed by atoms with Crippen molar-refractivity contribution >= 4 is 18.1 Å². The topological polar surface area (TPSA) is 134 Å². The van der Waals surface area contributed by atoms with E-state index in [-0.39, 0.29) is 45.9 Å². The van der Waals surface area contributed by atoms with Crippen LogP contribution in [0.1, 0.15) is 61.4 Å². The van der Waals surface area contributed by atoms with Gasteiger partial charge >= 0.3 is 0 Å². The van der Waals surface area contributed by atoms with E-state index in [9.17, 15) is 30.0 Å². The summed E-state index contributed by atoms with van der Waals surface area (Å²) < 4.78 is 11.5. The van der Waals surface area contributed by atoms with Crippen LogP contribution in [0.4, 0.5) is 0 Å². The van der Waals surface area contributed by atoms with Crippen LogP contribution in [0.15, 0.2) is 78.9 Å². The minimum absolute atomic E-state index is 0.0446. The van der Waals surface area contributed by atoms with Gasteiger partial charge in [0.2, 0.25) is 0 Å². The Morgan fingerprint density at radius 3 is 2.20 bits per heavy atom. The van der Waals surface area contributed by atoms with E-state index in [1.165, 1.54) is 19.3 Å². The Morgan fingerprint density at radius 2 is 1.55 bits per heavy atom. The van der Waals surface area contributed by atoms with Crippen LogP contribution in [0.5, 0.6) is 34.5 Å². The minimum Gasteiger partial charge on any atom is -0.507 e. The number of aromatic hydroxyl groups is 4. The summed E-state index contributed by atoms with van der Waals surface area (Å²) in [5, 5.41) is 43.9. The lowest BCUT2D eigenvalue weighted by Crippen LogP contribution is -2.22. The monoisotopic (exact) mass is 538 g/mol. The normalized spacial score (nSPS) is 16.2. The molecule has 0 aliphatic carbocycles. The molecule has 1 aliphatic rings. The zero-order chi connectivity index (χ0) is 28.4. The van der Waals surface area contributed by atoms with Crippen LogP contribution in [-0.2, 0) is 0 Å². The Kier molecular flexibility index (Phi) is 7.16. The molecule has 0 fully saturated rings. The van der Waals surface area contributed by atoms with Crippen LogP contribution in [-0.4, -0.2) is 39.6 Å². The molecule has 5 rings (SSSR count). The number of hydrogen-bond acceptors (Lipinski definition) is 8. The first-order valence-electron chi connectivity index (χ1n) is 12.5. The zero-order valence-corrected chi connectivity index (χ0v) is 21.4. The van der Waals surface area contributed by atoms with Crippen molar-refractivity contribution < 1.29 is 39.5 Å². The Hall–Kier alpha value is -5.24. The predicted octanol–water partition coefficient (Wildman–Crippen LogP) is 5.88. The van der Waals surface area contributed by atoms with Crippen molar-refractivity contribution in [3.63, 3.8) is 0 Å². The quantitative estimate of drug-likeness (QED) is 0.130. The second-order valence-electron chi connectivity index (χ2n) is 9.34. The number of phenols is 4. The molecule has 1 aliphatic heterocycles. The Balaban J connectivity index is 1.70. The third-order valence-corrected chi connectivity index (χ3v) is 6.99. The van der Waals surface area contributed by atoms with Crippen molar-refractivity contribution in [2.24, 2.45) is 0 Å². The predicted molar refractivity (Wildman–Crippen MR) is 148 cm³/mol. The van der Waals surface area contributed by atoms with Crippen molar-refractivity contribution in [3.05, 3.63) is 112 Å². The molecule has 1 heterocycles. The molecule has 0 saturated heterocycles. The summed E-state index contributed by atoms with van der Waals surface area (Å²) in [5.74, 6) is -3.45. The van der Waals surface area contributed by atoms with E-state index >= 15 is 0 Å². The SMILES string of the molecule is COc1cc(O)c([C@@H]2C[C@@H](c3ccccc3)Oc3c(C=O)c(O)cc(O)c32)c(O)c1C(=O)/C=C/c1ccccc1. The lowest BCUT2D eigenvalue weighted by molar-refractivity contribution is 0.104. The molecule has 4 aromatic rings. The average molecular weight is 539 g/mol. The fourth-order valence-electron chi connectivity index (χ4n) is 5.11. The van der Waals surface area contributed by atoms with E-state index in [4.69, 9.17) is 9.47 Å². The lowest BCUT2D eigenvalue weighted by Gasteiger charge is -2.35. The lowest BCUT2D eigenvalue weighted by atomic mass is 9.79. The summed E-state index contributed by atoms with van der Waals surface area (Å²) in [6.45, 7) is 0. The second-order valence-corrected chi connectivity index (χ2v) is 9.34. The molecule has 0 aromatic heterocycles. The molecule has 4 N–H and O–H groups in total. The maximum atomic E-state index is 13.3. The van der Waals surface area contributed by atoms with E-state index in [1.807, 2.05) is 60.7 Å². The maximum Gasteiger partial charge on any atom is 0.193 e.